The Kier molecular flexibility index (Phi) is 18.5. The van der Waals surface area contributed by atoms with E-state index in [1.165, 1.54) is 38.1 Å². The first kappa shape index (κ1) is 57.1. The van der Waals surface area contributed by atoms with Crippen molar-refractivity contribution in [3.05, 3.63) is 164 Å². The molecule has 74 heavy (non-hydrogen) atoms. The highest BCUT2D eigenvalue weighted by molar-refractivity contribution is 7.91. The van der Waals surface area contributed by atoms with Crippen LogP contribution in [-0.4, -0.2) is 80.5 Å². The molecule has 0 saturated heterocycles. The van der Waals surface area contributed by atoms with Gasteiger partial charge in [-0.2, -0.15) is 0 Å². The summed E-state index contributed by atoms with van der Waals surface area (Å²) in [6.07, 6.45) is 2.49. The molecule has 0 saturated carbocycles. The number of nitrogens with one attached hydrogen (secondary N) is 1. The van der Waals surface area contributed by atoms with E-state index in [2.05, 4.69) is 5.32 Å². The van der Waals surface area contributed by atoms with Crippen molar-refractivity contribution in [1.82, 2.24) is 5.32 Å². The molecule has 0 heterocycles. The Morgan fingerprint density at radius 2 is 0.986 bits per heavy atom. The highest BCUT2D eigenvalue weighted by Gasteiger charge is 2.33. The first-order valence-electron chi connectivity index (χ1n) is 23.2. The van der Waals surface area contributed by atoms with Crippen molar-refractivity contribution in [2.45, 2.75) is 88.8 Å². The van der Waals surface area contributed by atoms with Crippen LogP contribution in [0.3, 0.4) is 0 Å². The van der Waals surface area contributed by atoms with Gasteiger partial charge in [0.25, 0.3) is 0 Å². The summed E-state index contributed by atoms with van der Waals surface area (Å²) in [6.45, 7) is 5.57. The Morgan fingerprint density at radius 3 is 1.41 bits per heavy atom. The summed E-state index contributed by atoms with van der Waals surface area (Å²) >= 11 is 13.6. The minimum Gasteiger partial charge on any atom is -0.488 e. The van der Waals surface area contributed by atoms with E-state index in [1.807, 2.05) is 50.2 Å². The van der Waals surface area contributed by atoms with Crippen molar-refractivity contribution >= 4 is 54.8 Å². The molecule has 0 aliphatic carbocycles. The molecule has 15 nitrogen and oxygen atoms in total. The molecule has 394 valence electrons. The fourth-order valence-corrected chi connectivity index (χ4v) is 9.62. The average molecular weight is 1090 g/mol. The maximum absolute atomic E-state index is 12.3. The number of ether oxygens (including phenoxy) is 4. The second-order valence-electron chi connectivity index (χ2n) is 18.6. The van der Waals surface area contributed by atoms with Gasteiger partial charge < -0.3 is 39.4 Å². The third-order valence-corrected chi connectivity index (χ3v) is 15.7. The molecule has 19 heteroatoms. The Balaban J connectivity index is 1.23. The van der Waals surface area contributed by atoms with Gasteiger partial charge in [0.05, 0.1) is 38.5 Å². The summed E-state index contributed by atoms with van der Waals surface area (Å²) in [4.78, 5) is 24.2. The van der Waals surface area contributed by atoms with E-state index in [4.69, 9.17) is 42.1 Å². The molecule has 0 radical (unpaired) electrons. The van der Waals surface area contributed by atoms with Crippen LogP contribution in [0.4, 0.5) is 0 Å². The molecule has 6 aromatic carbocycles. The van der Waals surface area contributed by atoms with Gasteiger partial charge in [-0.3, -0.25) is 14.9 Å². The summed E-state index contributed by atoms with van der Waals surface area (Å²) < 4.78 is 74.2. The number of rotatable bonds is 25. The number of aliphatic hydroxyl groups is 2. The predicted molar refractivity (Wildman–Crippen MR) is 282 cm³/mol. The summed E-state index contributed by atoms with van der Waals surface area (Å²) in [7, 11) is -6.97. The standard InChI is InChI=1S/C55H59Cl2NO14S2/c1-34-39(30-71-50-25-48(69-28-36-11-7-15-42(21-36)73(5,65)66)38(23-46(50)56)19-20-54(3,32-59)52(61)62)13-9-17-44(34)45-18-10-14-40(35(45)2)31-72-51-26-49(70-29-37-12-8-16-43(22-37)74(6,67)68)41(24-47(51)57)27-58-55(4,33-60)53(63)64/h7-18,21-26,58-60H,19-20,27-33H2,1-6H3,(H,61,62)(H,63,64)/t54-,55-/m0/s1. The fourth-order valence-electron chi connectivity index (χ4n) is 7.76. The summed E-state index contributed by atoms with van der Waals surface area (Å²) in [5, 5.41) is 42.7. The minimum atomic E-state index is -3.49. The van der Waals surface area contributed by atoms with Crippen molar-refractivity contribution < 1.29 is 65.8 Å². The number of carbonyl (C=O) groups is 2. The van der Waals surface area contributed by atoms with Crippen molar-refractivity contribution in [3.63, 3.8) is 0 Å². The predicted octanol–water partition coefficient (Wildman–Crippen LogP) is 9.34. The zero-order valence-corrected chi connectivity index (χ0v) is 44.8. The van der Waals surface area contributed by atoms with Crippen molar-refractivity contribution in [3.8, 4) is 34.1 Å². The van der Waals surface area contributed by atoms with Crippen LogP contribution in [0.5, 0.6) is 23.0 Å². The number of aryl methyl sites for hydroxylation is 1. The molecule has 0 aromatic heterocycles. The number of hydrogen-bond acceptors (Lipinski definition) is 13. The minimum absolute atomic E-state index is 0.0154. The van der Waals surface area contributed by atoms with Crippen LogP contribution < -0.4 is 24.3 Å². The molecule has 6 rings (SSSR count). The maximum atomic E-state index is 12.3. The number of halogens is 2. The monoisotopic (exact) mass is 1090 g/mol. The molecule has 0 spiro atoms. The first-order chi connectivity index (χ1) is 34.8. The molecule has 2 atom stereocenters. The molecule has 0 bridgehead atoms. The van der Waals surface area contributed by atoms with E-state index < -0.39 is 55.8 Å². The van der Waals surface area contributed by atoms with E-state index in [-0.39, 0.29) is 77.1 Å². The Morgan fingerprint density at radius 1 is 0.554 bits per heavy atom. The summed E-state index contributed by atoms with van der Waals surface area (Å²) in [5.41, 5.74) is 4.49. The third-order valence-electron chi connectivity index (χ3n) is 12.9. The van der Waals surface area contributed by atoms with Crippen LogP contribution in [0.25, 0.3) is 11.1 Å². The van der Waals surface area contributed by atoms with Crippen LogP contribution in [-0.2, 0) is 68.7 Å². The SMILES string of the molecule is Cc1c(COc2cc(OCc3cccc(S(C)(=O)=O)c3)c(CC[C@@](C)(CO)C(=O)O)cc2Cl)cccc1-c1cccc(COc2cc(OCc3cccc(S(C)(=O)=O)c3)c(CN[C@@](C)(CO)C(=O)O)cc2Cl)c1C. The van der Waals surface area contributed by atoms with Crippen LogP contribution in [0.2, 0.25) is 10.0 Å². The highest BCUT2D eigenvalue weighted by Crippen LogP contribution is 2.39. The van der Waals surface area contributed by atoms with Crippen LogP contribution >= 0.6 is 23.2 Å². The second-order valence-corrected chi connectivity index (χ2v) is 23.5. The average Bonchev–Trinajstić information content (AvgIpc) is 3.36. The quantitative estimate of drug-likeness (QED) is 0.0359. The number of aliphatic hydroxyl groups excluding tert-OH is 2. The zero-order valence-electron chi connectivity index (χ0n) is 41.7. The van der Waals surface area contributed by atoms with Gasteiger partial charge in [0.15, 0.2) is 19.7 Å². The van der Waals surface area contributed by atoms with Gasteiger partial charge in [-0.25, -0.2) is 16.8 Å². The number of carboxylic acids is 2. The Bertz CT molecular complexity index is 3060. The van der Waals surface area contributed by atoms with Crippen molar-refractivity contribution in [2.24, 2.45) is 5.41 Å². The molecule has 0 aliphatic heterocycles. The molecule has 0 unspecified atom stereocenters. The van der Waals surface area contributed by atoms with E-state index in [9.17, 15) is 46.9 Å². The number of aliphatic carboxylic acids is 2. The molecule has 0 amide bonds. The lowest BCUT2D eigenvalue weighted by atomic mass is 9.85. The van der Waals surface area contributed by atoms with E-state index in [1.54, 1.807) is 48.5 Å². The second kappa shape index (κ2) is 24.0. The van der Waals surface area contributed by atoms with Gasteiger partial charge in [0, 0.05) is 36.8 Å². The number of benzene rings is 6. The largest absolute Gasteiger partial charge is 0.488 e. The lowest BCUT2D eigenvalue weighted by Crippen LogP contribution is -2.52. The maximum Gasteiger partial charge on any atom is 0.326 e. The van der Waals surface area contributed by atoms with E-state index >= 15 is 0 Å². The van der Waals surface area contributed by atoms with Gasteiger partial charge in [0.2, 0.25) is 0 Å². The smallest absolute Gasteiger partial charge is 0.326 e. The van der Waals surface area contributed by atoms with Crippen molar-refractivity contribution in [2.75, 3.05) is 25.7 Å². The Hall–Kier alpha value is -6.18. The van der Waals surface area contributed by atoms with Crippen molar-refractivity contribution in [1.29, 1.82) is 0 Å². The van der Waals surface area contributed by atoms with Gasteiger partial charge in [0.1, 0.15) is 55.0 Å². The van der Waals surface area contributed by atoms with Crippen LogP contribution in [0.1, 0.15) is 64.8 Å². The normalized spacial score (nSPS) is 13.4. The number of hydrogen-bond donors (Lipinski definition) is 5. The molecular weight excluding hydrogens is 1030 g/mol. The number of carboxylic acid groups (broad SMARTS) is 2. The third kappa shape index (κ3) is 14.1. The first-order valence-corrected chi connectivity index (χ1v) is 27.7. The van der Waals surface area contributed by atoms with E-state index in [0.29, 0.717) is 33.8 Å². The summed E-state index contributed by atoms with van der Waals surface area (Å²) in [6, 6.07) is 30.8. The van der Waals surface area contributed by atoms with Gasteiger partial charge in [-0.15, -0.1) is 0 Å². The Labute approximate surface area is 441 Å². The lowest BCUT2D eigenvalue weighted by Gasteiger charge is -2.25. The number of sulfone groups is 2. The van der Waals surface area contributed by atoms with E-state index in [0.717, 1.165) is 45.9 Å². The lowest BCUT2D eigenvalue weighted by molar-refractivity contribution is -0.150. The zero-order chi connectivity index (χ0) is 54.2. The van der Waals surface area contributed by atoms with Crippen LogP contribution in [0, 0.1) is 19.3 Å². The topological polar surface area (TPSA) is 232 Å². The van der Waals surface area contributed by atoms with Crippen LogP contribution in [0.15, 0.2) is 119 Å². The molecule has 0 fully saturated rings. The molecule has 0 aliphatic rings. The van der Waals surface area contributed by atoms with Gasteiger partial charge >= 0.3 is 11.9 Å². The van der Waals surface area contributed by atoms with Gasteiger partial charge in [-0.1, -0.05) is 83.9 Å². The molecular formula is C55H59Cl2NO14S2. The fraction of sp³-hybridized carbons (Fsp3) is 0.309. The van der Waals surface area contributed by atoms with Gasteiger partial charge in [-0.05, 0) is 127 Å². The molecule has 5 N–H and O–H groups in total. The molecule has 6 aromatic rings. The summed E-state index contributed by atoms with van der Waals surface area (Å²) in [5.74, 6) is -1.23. The highest BCUT2D eigenvalue weighted by atomic mass is 35.5.